The van der Waals surface area contributed by atoms with E-state index in [0.717, 1.165) is 5.69 Å². The molecule has 0 radical (unpaired) electrons. The number of hydrogen-bond donors (Lipinski definition) is 2. The van der Waals surface area contributed by atoms with Gasteiger partial charge in [-0.1, -0.05) is 0 Å². The number of methoxy groups -OCH3 is 2. The van der Waals surface area contributed by atoms with Crippen LogP contribution in [0.2, 0.25) is 0 Å². The molecule has 0 spiro atoms. The first-order chi connectivity index (χ1) is 11.5. The van der Waals surface area contributed by atoms with Crippen molar-refractivity contribution in [2.75, 3.05) is 14.2 Å². The van der Waals surface area contributed by atoms with Crippen LogP contribution in [-0.2, 0) is 6.42 Å². The number of amides is 1. The third-order valence-electron chi connectivity index (χ3n) is 3.02. The summed E-state index contributed by atoms with van der Waals surface area (Å²) < 4.78 is 10.4. The van der Waals surface area contributed by atoms with E-state index in [1.807, 2.05) is 12.3 Å². The van der Waals surface area contributed by atoms with Gasteiger partial charge >= 0.3 is 0 Å². The van der Waals surface area contributed by atoms with Crippen molar-refractivity contribution in [1.82, 2.24) is 10.3 Å². The zero-order valence-corrected chi connectivity index (χ0v) is 15.1. The molecule has 0 bridgehead atoms. The number of ether oxygens (including phenoxy) is 2. The SMILES string of the molecule is CC=N.COc1ccc(C(=O)N[C@H](C)Cc2cscn2)cc1OC. The van der Waals surface area contributed by atoms with Gasteiger partial charge in [0.2, 0.25) is 0 Å². The van der Waals surface area contributed by atoms with E-state index >= 15 is 0 Å². The van der Waals surface area contributed by atoms with Gasteiger partial charge in [0.15, 0.2) is 11.5 Å². The van der Waals surface area contributed by atoms with Gasteiger partial charge in [-0.25, -0.2) is 4.98 Å². The summed E-state index contributed by atoms with van der Waals surface area (Å²) in [4.78, 5) is 16.4. The molecule has 24 heavy (non-hydrogen) atoms. The van der Waals surface area contributed by atoms with E-state index in [4.69, 9.17) is 14.9 Å². The normalized spacial score (nSPS) is 10.8. The summed E-state index contributed by atoms with van der Waals surface area (Å²) in [7, 11) is 3.11. The number of carbonyl (C=O) groups excluding carboxylic acids is 1. The molecule has 7 heteroatoms. The lowest BCUT2D eigenvalue weighted by molar-refractivity contribution is 0.0939. The molecule has 6 nitrogen and oxygen atoms in total. The topological polar surface area (TPSA) is 84.3 Å². The predicted octanol–water partition coefficient (Wildman–Crippen LogP) is 3.18. The van der Waals surface area contributed by atoms with E-state index in [0.29, 0.717) is 23.5 Å². The summed E-state index contributed by atoms with van der Waals surface area (Å²) in [5.41, 5.74) is 3.32. The van der Waals surface area contributed by atoms with Crippen molar-refractivity contribution in [3.8, 4) is 11.5 Å². The van der Waals surface area contributed by atoms with Gasteiger partial charge in [0.1, 0.15) is 0 Å². The highest BCUT2D eigenvalue weighted by atomic mass is 32.1. The molecule has 1 heterocycles. The molecule has 0 unspecified atom stereocenters. The lowest BCUT2D eigenvalue weighted by Gasteiger charge is -2.14. The Bertz CT molecular complexity index is 645. The first kappa shape index (κ1) is 19.6. The average molecular weight is 349 g/mol. The first-order valence-corrected chi connectivity index (χ1v) is 8.35. The zero-order chi connectivity index (χ0) is 17.9. The predicted molar refractivity (Wildman–Crippen MR) is 96.7 cm³/mol. The highest BCUT2D eigenvalue weighted by Crippen LogP contribution is 2.27. The summed E-state index contributed by atoms with van der Waals surface area (Å²) >= 11 is 1.55. The second-order valence-electron chi connectivity index (χ2n) is 4.92. The molecule has 1 aromatic carbocycles. The average Bonchev–Trinajstić information content (AvgIpc) is 3.07. The fourth-order valence-electron chi connectivity index (χ4n) is 1.99. The monoisotopic (exact) mass is 349 g/mol. The van der Waals surface area contributed by atoms with Crippen molar-refractivity contribution in [1.29, 1.82) is 5.41 Å². The maximum absolute atomic E-state index is 12.2. The van der Waals surface area contributed by atoms with Crippen LogP contribution in [-0.4, -0.2) is 37.4 Å². The molecule has 130 valence electrons. The fourth-order valence-corrected chi connectivity index (χ4v) is 2.56. The van der Waals surface area contributed by atoms with Crippen molar-refractivity contribution in [3.63, 3.8) is 0 Å². The zero-order valence-electron chi connectivity index (χ0n) is 14.3. The molecule has 0 saturated carbocycles. The standard InChI is InChI=1S/C15H18N2O3S.C2H5N/c1-10(6-12-8-21-9-16-12)17-15(18)11-4-5-13(19-2)14(7-11)20-3;1-2-3/h4-5,7-10H,6H2,1-3H3,(H,17,18);2-3H,1H3/t10-;/m1./s1. The van der Waals surface area contributed by atoms with E-state index < -0.39 is 0 Å². The minimum atomic E-state index is -0.140. The summed E-state index contributed by atoms with van der Waals surface area (Å²) in [6, 6.07) is 5.11. The highest BCUT2D eigenvalue weighted by molar-refractivity contribution is 7.07. The van der Waals surface area contributed by atoms with Crippen molar-refractivity contribution in [2.45, 2.75) is 26.3 Å². The molecule has 1 aromatic heterocycles. The number of hydrogen-bond acceptors (Lipinski definition) is 6. The van der Waals surface area contributed by atoms with E-state index in [-0.39, 0.29) is 11.9 Å². The molecule has 2 aromatic rings. The van der Waals surface area contributed by atoms with Gasteiger partial charge in [-0.2, -0.15) is 0 Å². The van der Waals surface area contributed by atoms with Crippen LogP contribution in [0.3, 0.4) is 0 Å². The van der Waals surface area contributed by atoms with Gasteiger partial charge in [-0.3, -0.25) is 4.79 Å². The largest absolute Gasteiger partial charge is 0.493 e. The van der Waals surface area contributed by atoms with Gasteiger partial charge in [0, 0.05) is 23.4 Å². The van der Waals surface area contributed by atoms with Crippen LogP contribution >= 0.6 is 11.3 Å². The van der Waals surface area contributed by atoms with Crippen LogP contribution < -0.4 is 14.8 Å². The quantitative estimate of drug-likeness (QED) is 0.785. The Balaban J connectivity index is 0.000000891. The molecule has 1 atom stereocenters. The van der Waals surface area contributed by atoms with Crippen molar-refractivity contribution in [2.24, 2.45) is 0 Å². The van der Waals surface area contributed by atoms with Gasteiger partial charge in [-0.15, -0.1) is 11.3 Å². The van der Waals surface area contributed by atoms with E-state index in [9.17, 15) is 4.79 Å². The number of benzene rings is 1. The number of aromatic nitrogens is 1. The molecule has 0 aliphatic heterocycles. The Morgan fingerprint density at radius 1 is 1.38 bits per heavy atom. The molecule has 1 amide bonds. The fraction of sp³-hybridized carbons (Fsp3) is 0.353. The molecule has 0 fully saturated rings. The van der Waals surface area contributed by atoms with Crippen LogP contribution in [0.5, 0.6) is 11.5 Å². The summed E-state index contributed by atoms with van der Waals surface area (Å²) in [5, 5.41) is 11.0. The third-order valence-corrected chi connectivity index (χ3v) is 3.66. The van der Waals surface area contributed by atoms with Crippen LogP contribution in [0.1, 0.15) is 29.9 Å². The maximum atomic E-state index is 12.2. The minimum Gasteiger partial charge on any atom is -0.493 e. The third kappa shape index (κ3) is 6.00. The summed E-state index contributed by atoms with van der Waals surface area (Å²) in [6.45, 7) is 3.62. The highest BCUT2D eigenvalue weighted by Gasteiger charge is 2.13. The second kappa shape index (κ2) is 10.4. The van der Waals surface area contributed by atoms with Crippen molar-refractivity contribution >= 4 is 23.5 Å². The van der Waals surface area contributed by atoms with Crippen molar-refractivity contribution < 1.29 is 14.3 Å². The summed E-state index contributed by atoms with van der Waals surface area (Å²) in [6.07, 6.45) is 1.96. The first-order valence-electron chi connectivity index (χ1n) is 7.40. The van der Waals surface area contributed by atoms with Gasteiger partial charge < -0.3 is 20.2 Å². The smallest absolute Gasteiger partial charge is 0.251 e. The van der Waals surface area contributed by atoms with Gasteiger partial charge in [-0.05, 0) is 38.3 Å². The van der Waals surface area contributed by atoms with Gasteiger partial charge in [0.05, 0.1) is 25.4 Å². The molecule has 0 saturated heterocycles. The number of thiazole rings is 1. The Kier molecular flexibility index (Phi) is 8.49. The number of nitrogens with one attached hydrogen (secondary N) is 2. The number of rotatable bonds is 6. The van der Waals surface area contributed by atoms with E-state index in [1.165, 1.54) is 6.21 Å². The minimum absolute atomic E-state index is 0.00713. The Labute approximate surface area is 146 Å². The molecular formula is C17H23N3O3S. The van der Waals surface area contributed by atoms with Crippen LogP contribution in [0.25, 0.3) is 0 Å². The number of carbonyl (C=O) groups is 1. The Morgan fingerprint density at radius 2 is 2.04 bits per heavy atom. The van der Waals surface area contributed by atoms with Crippen LogP contribution in [0.15, 0.2) is 29.1 Å². The van der Waals surface area contributed by atoms with Gasteiger partial charge in [0.25, 0.3) is 5.91 Å². The maximum Gasteiger partial charge on any atom is 0.251 e. The van der Waals surface area contributed by atoms with Crippen LogP contribution in [0, 0.1) is 5.41 Å². The molecule has 0 aliphatic rings. The Morgan fingerprint density at radius 3 is 2.58 bits per heavy atom. The molecular weight excluding hydrogens is 326 g/mol. The number of nitrogens with zero attached hydrogens (tertiary/aromatic N) is 1. The van der Waals surface area contributed by atoms with E-state index in [1.54, 1.807) is 56.2 Å². The van der Waals surface area contributed by atoms with Crippen LogP contribution in [0.4, 0.5) is 0 Å². The Hall–Kier alpha value is -2.41. The molecule has 2 N–H and O–H groups in total. The lowest BCUT2D eigenvalue weighted by atomic mass is 10.1. The second-order valence-corrected chi connectivity index (χ2v) is 5.64. The molecule has 0 aliphatic carbocycles. The lowest BCUT2D eigenvalue weighted by Crippen LogP contribution is -2.34. The molecule has 2 rings (SSSR count). The van der Waals surface area contributed by atoms with Crippen molar-refractivity contribution in [3.05, 3.63) is 40.3 Å². The van der Waals surface area contributed by atoms with E-state index in [2.05, 4.69) is 10.3 Å². The summed E-state index contributed by atoms with van der Waals surface area (Å²) in [5.74, 6) is 1.00.